The first-order chi connectivity index (χ1) is 15.0. The molecular weight excluding hydrogens is 415 g/mol. The van der Waals surface area contributed by atoms with E-state index in [1.807, 2.05) is 17.9 Å². The van der Waals surface area contributed by atoms with Crippen LogP contribution >= 0.6 is 0 Å². The number of carbonyl (C=O) groups excluding carboxylic acids is 1. The van der Waals surface area contributed by atoms with Gasteiger partial charge < -0.3 is 9.80 Å². The van der Waals surface area contributed by atoms with Crippen molar-refractivity contribution < 1.29 is 13.4 Å². The maximum absolute atomic E-state index is 13.1. The van der Waals surface area contributed by atoms with Gasteiger partial charge in [-0.25, -0.2) is 9.37 Å². The predicted octanol–water partition coefficient (Wildman–Crippen LogP) is 3.17. The van der Waals surface area contributed by atoms with Gasteiger partial charge in [-0.2, -0.15) is 5.26 Å². The molecule has 2 bridgehead atoms. The Morgan fingerprint density at radius 1 is 1.23 bits per heavy atom. The van der Waals surface area contributed by atoms with Crippen LogP contribution in [0.2, 0.25) is 0 Å². The largest absolute Gasteiger partial charge is 0.347 e. The molecule has 31 heavy (non-hydrogen) atoms. The van der Waals surface area contributed by atoms with E-state index in [1.165, 1.54) is 12.1 Å². The number of rotatable bonds is 6. The van der Waals surface area contributed by atoms with Crippen molar-refractivity contribution in [2.24, 2.45) is 0 Å². The number of hydrogen-bond acceptors (Lipinski definition) is 5. The third-order valence-corrected chi connectivity index (χ3v) is 7.89. The maximum Gasteiger partial charge on any atom is 0.223 e. The summed E-state index contributed by atoms with van der Waals surface area (Å²) in [6.07, 6.45) is 3.84. The number of piperazine rings is 1. The van der Waals surface area contributed by atoms with Crippen LogP contribution in [0.5, 0.6) is 0 Å². The van der Waals surface area contributed by atoms with Gasteiger partial charge in [-0.3, -0.25) is 9.00 Å². The van der Waals surface area contributed by atoms with Gasteiger partial charge in [0.15, 0.2) is 0 Å². The molecule has 4 rings (SSSR count). The maximum atomic E-state index is 13.1. The number of carbonyl (C=O) groups is 1. The summed E-state index contributed by atoms with van der Waals surface area (Å²) in [4.78, 5) is 21.4. The molecule has 1 aromatic carbocycles. The average molecular weight is 441 g/mol. The molecular formula is C23H25FN4O2S. The number of aromatic nitrogens is 1. The number of halogens is 1. The first-order valence-corrected chi connectivity index (χ1v) is 11.9. The summed E-state index contributed by atoms with van der Waals surface area (Å²) in [6.45, 7) is 3.12. The summed E-state index contributed by atoms with van der Waals surface area (Å²) in [7, 11) is -1.21. The van der Waals surface area contributed by atoms with Gasteiger partial charge >= 0.3 is 0 Å². The molecule has 3 unspecified atom stereocenters. The fourth-order valence-corrected chi connectivity index (χ4v) is 5.68. The van der Waals surface area contributed by atoms with Gasteiger partial charge in [0.1, 0.15) is 17.7 Å². The first-order valence-electron chi connectivity index (χ1n) is 10.5. The van der Waals surface area contributed by atoms with Crippen LogP contribution in [0.3, 0.4) is 0 Å². The highest BCUT2D eigenvalue weighted by Gasteiger charge is 2.41. The van der Waals surface area contributed by atoms with E-state index in [0.717, 1.165) is 24.2 Å². The highest BCUT2D eigenvalue weighted by Crippen LogP contribution is 2.34. The van der Waals surface area contributed by atoms with Crippen LogP contribution < -0.4 is 4.90 Å². The summed E-state index contributed by atoms with van der Waals surface area (Å²) in [5.74, 6) is 0.864. The normalized spacial score (nSPS) is 22.1. The molecule has 6 nitrogen and oxygen atoms in total. The topological polar surface area (TPSA) is 77.3 Å². The Labute approximate surface area is 184 Å². The van der Waals surface area contributed by atoms with Crippen molar-refractivity contribution in [3.8, 4) is 6.07 Å². The second kappa shape index (κ2) is 9.15. The smallest absolute Gasteiger partial charge is 0.223 e. The minimum atomic E-state index is -1.21. The molecule has 2 aliphatic heterocycles. The fraction of sp³-hybridized carbons (Fsp3) is 0.435. The van der Waals surface area contributed by atoms with Gasteiger partial charge in [0.2, 0.25) is 5.91 Å². The third-order valence-electron chi connectivity index (χ3n) is 6.23. The van der Waals surface area contributed by atoms with Crippen molar-refractivity contribution in [1.29, 1.82) is 5.26 Å². The Morgan fingerprint density at radius 3 is 2.48 bits per heavy atom. The SMILES string of the molecule is CC(c1ccc(F)cc1)S(=O)CCC(=O)N1CC2CC[C@@H](C1)N2c1ccc(C#N)cn1. The van der Waals surface area contributed by atoms with E-state index in [4.69, 9.17) is 5.26 Å². The number of amides is 1. The van der Waals surface area contributed by atoms with Crippen LogP contribution in [0.1, 0.15) is 42.6 Å². The van der Waals surface area contributed by atoms with Gasteiger partial charge in [0.05, 0.1) is 10.8 Å². The zero-order valence-electron chi connectivity index (χ0n) is 17.4. The van der Waals surface area contributed by atoms with E-state index in [-0.39, 0.29) is 35.5 Å². The molecule has 2 aromatic rings. The van der Waals surface area contributed by atoms with Gasteiger partial charge in [-0.05, 0) is 49.6 Å². The van der Waals surface area contributed by atoms with Crippen LogP contribution in [0.25, 0.3) is 0 Å². The van der Waals surface area contributed by atoms with E-state index in [9.17, 15) is 13.4 Å². The lowest BCUT2D eigenvalue weighted by atomic mass is 10.1. The molecule has 2 aliphatic rings. The van der Waals surface area contributed by atoms with E-state index in [2.05, 4.69) is 16.0 Å². The number of benzene rings is 1. The van der Waals surface area contributed by atoms with Crippen molar-refractivity contribution in [1.82, 2.24) is 9.88 Å². The molecule has 0 spiro atoms. The Balaban J connectivity index is 1.33. The number of nitriles is 1. The quantitative estimate of drug-likeness (QED) is 0.690. The molecule has 162 valence electrons. The molecule has 0 N–H and O–H groups in total. The second-order valence-corrected chi connectivity index (χ2v) is 10.0. The first kappa shape index (κ1) is 21.4. The lowest BCUT2D eigenvalue weighted by molar-refractivity contribution is -0.131. The standard InChI is InChI=1S/C23H25FN4O2S/c1-16(18-3-5-19(24)6-4-18)31(30)11-10-23(29)27-14-20-7-8-21(15-27)28(20)22-9-2-17(12-25)13-26-22/h2-6,9,13,16,20-21H,7-8,10-11,14-15H2,1H3/t16?,20-,21?,31?/m0/s1. The third kappa shape index (κ3) is 4.62. The van der Waals surface area contributed by atoms with Gasteiger partial charge in [0, 0.05) is 54.3 Å². The molecule has 0 saturated carbocycles. The summed E-state index contributed by atoms with van der Waals surface area (Å²) in [6, 6.07) is 12.2. The van der Waals surface area contributed by atoms with Crippen molar-refractivity contribution in [2.45, 2.75) is 43.5 Å². The van der Waals surface area contributed by atoms with Crippen LogP contribution in [0.4, 0.5) is 10.2 Å². The Hall–Kier alpha value is -2.79. The molecule has 1 aromatic heterocycles. The van der Waals surface area contributed by atoms with Crippen LogP contribution in [0.15, 0.2) is 42.6 Å². The van der Waals surface area contributed by atoms with Crippen molar-refractivity contribution >= 4 is 22.5 Å². The average Bonchev–Trinajstić information content (AvgIpc) is 3.06. The lowest BCUT2D eigenvalue weighted by Crippen LogP contribution is -2.55. The van der Waals surface area contributed by atoms with Crippen molar-refractivity contribution in [3.05, 3.63) is 59.5 Å². The minimum Gasteiger partial charge on any atom is -0.347 e. The van der Waals surface area contributed by atoms with E-state index >= 15 is 0 Å². The molecule has 2 fully saturated rings. The Kier molecular flexibility index (Phi) is 6.33. The minimum absolute atomic E-state index is 0.0315. The number of nitrogens with zero attached hydrogens (tertiary/aromatic N) is 4. The number of anilines is 1. The molecule has 0 aliphatic carbocycles. The number of fused-ring (bicyclic) bond motifs is 2. The van der Waals surface area contributed by atoms with Crippen LogP contribution in [0, 0.1) is 17.1 Å². The zero-order chi connectivity index (χ0) is 22.0. The van der Waals surface area contributed by atoms with Gasteiger partial charge in [0.25, 0.3) is 0 Å². The molecule has 2 saturated heterocycles. The summed E-state index contributed by atoms with van der Waals surface area (Å²) in [5, 5.41) is 8.72. The number of hydrogen-bond donors (Lipinski definition) is 0. The Morgan fingerprint density at radius 2 is 1.90 bits per heavy atom. The van der Waals surface area contributed by atoms with Crippen LogP contribution in [-0.4, -0.2) is 50.9 Å². The molecule has 4 atom stereocenters. The van der Waals surface area contributed by atoms with E-state index in [0.29, 0.717) is 24.4 Å². The van der Waals surface area contributed by atoms with Gasteiger partial charge in [-0.1, -0.05) is 12.1 Å². The number of likely N-dealkylation sites (tertiary alicyclic amines) is 1. The fourth-order valence-electron chi connectivity index (χ4n) is 4.49. The lowest BCUT2D eigenvalue weighted by Gasteiger charge is -2.41. The predicted molar refractivity (Wildman–Crippen MR) is 117 cm³/mol. The summed E-state index contributed by atoms with van der Waals surface area (Å²) >= 11 is 0. The van der Waals surface area contributed by atoms with Crippen LogP contribution in [-0.2, 0) is 15.6 Å². The monoisotopic (exact) mass is 440 g/mol. The highest BCUT2D eigenvalue weighted by molar-refractivity contribution is 7.85. The van der Waals surface area contributed by atoms with Crippen molar-refractivity contribution in [2.75, 3.05) is 23.7 Å². The van der Waals surface area contributed by atoms with E-state index < -0.39 is 10.8 Å². The molecule has 1 amide bonds. The zero-order valence-corrected chi connectivity index (χ0v) is 18.2. The molecule has 0 radical (unpaired) electrons. The second-order valence-electron chi connectivity index (χ2n) is 8.14. The summed E-state index contributed by atoms with van der Waals surface area (Å²) in [5.41, 5.74) is 1.35. The highest BCUT2D eigenvalue weighted by atomic mass is 32.2. The molecule has 3 heterocycles. The van der Waals surface area contributed by atoms with Gasteiger partial charge in [-0.15, -0.1) is 0 Å². The summed E-state index contributed by atoms with van der Waals surface area (Å²) < 4.78 is 25.8. The number of pyridine rings is 1. The van der Waals surface area contributed by atoms with Crippen molar-refractivity contribution in [3.63, 3.8) is 0 Å². The Bertz CT molecular complexity index is 992. The molecule has 8 heteroatoms. The van der Waals surface area contributed by atoms with E-state index in [1.54, 1.807) is 24.4 Å².